The molecular formula is C19H23ClN2OS. The van der Waals surface area contributed by atoms with E-state index in [4.69, 9.17) is 23.1 Å². The Hall–Kier alpha value is -1.62. The Balaban J connectivity index is 2.73. The Morgan fingerprint density at radius 3 is 2.33 bits per heavy atom. The molecule has 5 N–H and O–H groups in total. The van der Waals surface area contributed by atoms with E-state index < -0.39 is 5.60 Å². The van der Waals surface area contributed by atoms with Crippen LogP contribution in [-0.2, 0) is 5.60 Å². The van der Waals surface area contributed by atoms with Gasteiger partial charge in [0.25, 0.3) is 0 Å². The standard InChI is InChI=1S/C19H23ClN2OS/c1-12(21)19(23,15-11-13(20)9-10-16(15)22)14-7-5-6-8-17(14)24-18(2,3)4/h5-11,23H,1,21-22H2,2-4H3. The molecule has 2 aromatic carbocycles. The maximum Gasteiger partial charge on any atom is 0.157 e. The minimum Gasteiger partial charge on any atom is -0.400 e. The predicted molar refractivity (Wildman–Crippen MR) is 104 cm³/mol. The van der Waals surface area contributed by atoms with Crippen LogP contribution in [-0.4, -0.2) is 9.85 Å². The number of rotatable bonds is 4. The summed E-state index contributed by atoms with van der Waals surface area (Å²) in [6.07, 6.45) is 0. The van der Waals surface area contributed by atoms with Crippen LogP contribution in [0.15, 0.2) is 59.6 Å². The zero-order valence-corrected chi connectivity index (χ0v) is 15.7. The van der Waals surface area contributed by atoms with Crippen LogP contribution in [0.25, 0.3) is 0 Å². The Labute approximate surface area is 152 Å². The first-order valence-corrected chi connectivity index (χ1v) is 8.76. The SMILES string of the molecule is C=C(N)C(O)(c1cc(Cl)ccc1N)c1ccccc1SC(C)(C)C. The van der Waals surface area contributed by atoms with Crippen molar-refractivity contribution in [3.8, 4) is 0 Å². The highest BCUT2D eigenvalue weighted by Gasteiger charge is 2.38. The fourth-order valence-electron chi connectivity index (χ4n) is 2.52. The molecule has 0 bridgehead atoms. The molecule has 0 fully saturated rings. The van der Waals surface area contributed by atoms with Crippen LogP contribution >= 0.6 is 23.4 Å². The summed E-state index contributed by atoms with van der Waals surface area (Å²) in [6.45, 7) is 10.1. The Bertz CT molecular complexity index is 770. The molecule has 5 heteroatoms. The van der Waals surface area contributed by atoms with Crippen molar-refractivity contribution in [2.45, 2.75) is 36.0 Å². The molecule has 0 aromatic heterocycles. The molecule has 0 aliphatic heterocycles. The lowest BCUT2D eigenvalue weighted by Crippen LogP contribution is -2.35. The normalized spacial score (nSPS) is 14.2. The molecule has 0 spiro atoms. The van der Waals surface area contributed by atoms with Gasteiger partial charge in [-0.25, -0.2) is 0 Å². The zero-order chi connectivity index (χ0) is 18.1. The number of hydrogen-bond donors (Lipinski definition) is 3. The van der Waals surface area contributed by atoms with Gasteiger partial charge in [0.05, 0.1) is 0 Å². The van der Waals surface area contributed by atoms with E-state index in [1.54, 1.807) is 30.0 Å². The van der Waals surface area contributed by atoms with E-state index in [2.05, 4.69) is 27.4 Å². The first-order valence-electron chi connectivity index (χ1n) is 7.57. The van der Waals surface area contributed by atoms with Crippen LogP contribution in [0.2, 0.25) is 5.02 Å². The third-order valence-corrected chi connectivity index (χ3v) is 4.99. The second-order valence-electron chi connectivity index (χ2n) is 6.68. The molecule has 0 heterocycles. The van der Waals surface area contributed by atoms with Gasteiger partial charge in [-0.05, 0) is 24.3 Å². The summed E-state index contributed by atoms with van der Waals surface area (Å²) in [5, 5.41) is 12.0. The lowest BCUT2D eigenvalue weighted by atomic mass is 9.83. The van der Waals surface area contributed by atoms with Gasteiger partial charge in [-0.1, -0.05) is 57.2 Å². The maximum atomic E-state index is 11.5. The number of anilines is 1. The van der Waals surface area contributed by atoms with Crippen molar-refractivity contribution in [3.05, 3.63) is 70.9 Å². The Morgan fingerprint density at radius 2 is 1.75 bits per heavy atom. The van der Waals surface area contributed by atoms with Crippen molar-refractivity contribution in [3.63, 3.8) is 0 Å². The fraction of sp³-hybridized carbons (Fsp3) is 0.263. The van der Waals surface area contributed by atoms with Gasteiger partial charge >= 0.3 is 0 Å². The largest absolute Gasteiger partial charge is 0.400 e. The maximum absolute atomic E-state index is 11.5. The molecule has 0 amide bonds. The molecular weight excluding hydrogens is 340 g/mol. The molecule has 3 nitrogen and oxygen atoms in total. The highest BCUT2D eigenvalue weighted by Crippen LogP contribution is 2.44. The van der Waals surface area contributed by atoms with Gasteiger partial charge in [0.15, 0.2) is 5.60 Å². The van der Waals surface area contributed by atoms with Gasteiger partial charge in [-0.2, -0.15) is 0 Å². The third kappa shape index (κ3) is 3.72. The van der Waals surface area contributed by atoms with Crippen molar-refractivity contribution >= 4 is 29.1 Å². The third-order valence-electron chi connectivity index (χ3n) is 3.56. The zero-order valence-electron chi connectivity index (χ0n) is 14.1. The first-order chi connectivity index (χ1) is 11.1. The van der Waals surface area contributed by atoms with Crippen molar-refractivity contribution < 1.29 is 5.11 Å². The van der Waals surface area contributed by atoms with Crippen molar-refractivity contribution in [1.29, 1.82) is 0 Å². The van der Waals surface area contributed by atoms with E-state index in [0.717, 1.165) is 4.90 Å². The Kier molecular flexibility index (Phi) is 5.23. The van der Waals surface area contributed by atoms with Gasteiger partial charge < -0.3 is 16.6 Å². The number of halogens is 1. The van der Waals surface area contributed by atoms with E-state index in [-0.39, 0.29) is 10.4 Å². The number of aliphatic hydroxyl groups is 1. The van der Waals surface area contributed by atoms with Crippen molar-refractivity contribution in [2.75, 3.05) is 5.73 Å². The summed E-state index contributed by atoms with van der Waals surface area (Å²) in [6, 6.07) is 12.6. The van der Waals surface area contributed by atoms with Gasteiger partial charge in [0.2, 0.25) is 0 Å². The fourth-order valence-corrected chi connectivity index (χ4v) is 3.82. The second-order valence-corrected chi connectivity index (χ2v) is 8.98. The number of benzene rings is 2. The topological polar surface area (TPSA) is 72.3 Å². The van der Waals surface area contributed by atoms with E-state index in [1.165, 1.54) is 0 Å². The summed E-state index contributed by atoms with van der Waals surface area (Å²) < 4.78 is -0.0349. The molecule has 2 rings (SSSR count). The van der Waals surface area contributed by atoms with Crippen LogP contribution < -0.4 is 11.5 Å². The highest BCUT2D eigenvalue weighted by atomic mass is 35.5. The molecule has 0 aliphatic carbocycles. The molecule has 24 heavy (non-hydrogen) atoms. The summed E-state index contributed by atoms with van der Waals surface area (Å²) >= 11 is 7.76. The van der Waals surface area contributed by atoms with Crippen LogP contribution in [0.1, 0.15) is 31.9 Å². The molecule has 0 aliphatic rings. The summed E-state index contributed by atoms with van der Waals surface area (Å²) in [5.74, 6) is 0. The van der Waals surface area contributed by atoms with Gasteiger partial charge in [0.1, 0.15) is 0 Å². The summed E-state index contributed by atoms with van der Waals surface area (Å²) in [4.78, 5) is 0.915. The average Bonchev–Trinajstić information content (AvgIpc) is 2.47. The van der Waals surface area contributed by atoms with Gasteiger partial charge in [0, 0.05) is 37.2 Å². The van der Waals surface area contributed by atoms with E-state index in [0.29, 0.717) is 21.8 Å². The van der Waals surface area contributed by atoms with Crippen LogP contribution in [0.5, 0.6) is 0 Å². The van der Waals surface area contributed by atoms with Gasteiger partial charge in [-0.3, -0.25) is 0 Å². The van der Waals surface area contributed by atoms with E-state index in [1.807, 2.05) is 24.3 Å². The smallest absolute Gasteiger partial charge is 0.157 e. The molecule has 0 saturated carbocycles. The van der Waals surface area contributed by atoms with E-state index >= 15 is 0 Å². The molecule has 1 unspecified atom stereocenters. The summed E-state index contributed by atoms with van der Waals surface area (Å²) in [7, 11) is 0. The van der Waals surface area contributed by atoms with Crippen LogP contribution in [0, 0.1) is 0 Å². The quantitative estimate of drug-likeness (QED) is 0.552. The molecule has 2 aromatic rings. The minimum atomic E-state index is -1.62. The lowest BCUT2D eigenvalue weighted by Gasteiger charge is -2.33. The number of nitrogens with two attached hydrogens (primary N) is 2. The molecule has 0 saturated heterocycles. The molecule has 1 atom stereocenters. The van der Waals surface area contributed by atoms with Crippen LogP contribution in [0.3, 0.4) is 0 Å². The number of nitrogen functional groups attached to an aromatic ring is 1. The molecule has 0 radical (unpaired) electrons. The minimum absolute atomic E-state index is 0.0349. The highest BCUT2D eigenvalue weighted by molar-refractivity contribution is 8.00. The second kappa shape index (κ2) is 6.71. The number of hydrogen-bond acceptors (Lipinski definition) is 4. The van der Waals surface area contributed by atoms with Crippen LogP contribution in [0.4, 0.5) is 5.69 Å². The summed E-state index contributed by atoms with van der Waals surface area (Å²) in [5.41, 5.74) is 12.1. The van der Waals surface area contributed by atoms with Crippen molar-refractivity contribution in [1.82, 2.24) is 0 Å². The first kappa shape index (κ1) is 18.7. The average molecular weight is 363 g/mol. The van der Waals surface area contributed by atoms with Gasteiger partial charge in [-0.15, -0.1) is 11.8 Å². The van der Waals surface area contributed by atoms with Crippen molar-refractivity contribution in [2.24, 2.45) is 5.73 Å². The number of thioether (sulfide) groups is 1. The van der Waals surface area contributed by atoms with E-state index in [9.17, 15) is 5.11 Å². The predicted octanol–water partition coefficient (Wildman–Crippen LogP) is 4.52. The monoisotopic (exact) mass is 362 g/mol. The molecule has 128 valence electrons. The lowest BCUT2D eigenvalue weighted by molar-refractivity contribution is 0.117. The Morgan fingerprint density at radius 1 is 1.12 bits per heavy atom.